The van der Waals surface area contributed by atoms with Crippen LogP contribution in [0.5, 0.6) is 5.75 Å². The number of amides is 1. The third kappa shape index (κ3) is 3.42. The minimum absolute atomic E-state index is 0.121. The van der Waals surface area contributed by atoms with E-state index in [1.807, 2.05) is 0 Å². The third-order valence-corrected chi connectivity index (χ3v) is 3.53. The van der Waals surface area contributed by atoms with Gasteiger partial charge in [-0.1, -0.05) is 32.4 Å². The summed E-state index contributed by atoms with van der Waals surface area (Å²) in [6.07, 6.45) is 0. The van der Waals surface area contributed by atoms with Crippen LogP contribution in [0.15, 0.2) is 24.3 Å². The number of methoxy groups -OCH3 is 1. The molecule has 0 radical (unpaired) electrons. The number of carbonyl (C=O) groups is 1. The highest BCUT2D eigenvalue weighted by molar-refractivity contribution is 6.31. The minimum atomic E-state index is -0.258. The normalized spacial score (nSPS) is 11.4. The van der Waals surface area contributed by atoms with Crippen molar-refractivity contribution in [2.24, 2.45) is 7.05 Å². The zero-order valence-corrected chi connectivity index (χ0v) is 14.2. The van der Waals surface area contributed by atoms with E-state index in [-0.39, 0.29) is 11.3 Å². The first-order chi connectivity index (χ1) is 10.2. The average Bonchev–Trinajstić information content (AvgIpc) is 2.81. The standard InChI is InChI=1S/C16H20ClN3O2/c1-16(2,3)14-9-12(20(4)19-14)15(21)18-11-8-10(17)6-7-13(11)22-5/h6-9H,1-5H3,(H,18,21). The predicted molar refractivity (Wildman–Crippen MR) is 87.9 cm³/mol. The number of nitrogens with one attached hydrogen (secondary N) is 1. The maximum Gasteiger partial charge on any atom is 0.274 e. The fraction of sp³-hybridized carbons (Fsp3) is 0.375. The van der Waals surface area contributed by atoms with Crippen LogP contribution in [-0.4, -0.2) is 22.8 Å². The number of nitrogens with zero attached hydrogens (tertiary/aromatic N) is 2. The molecule has 5 nitrogen and oxygen atoms in total. The van der Waals surface area contributed by atoms with Gasteiger partial charge in [0.15, 0.2) is 0 Å². The highest BCUT2D eigenvalue weighted by Gasteiger charge is 2.22. The fourth-order valence-electron chi connectivity index (χ4n) is 2.01. The van der Waals surface area contributed by atoms with Crippen LogP contribution in [0.25, 0.3) is 0 Å². The van der Waals surface area contributed by atoms with Crippen molar-refractivity contribution < 1.29 is 9.53 Å². The van der Waals surface area contributed by atoms with E-state index >= 15 is 0 Å². The predicted octanol–water partition coefficient (Wildman–Crippen LogP) is 3.63. The van der Waals surface area contributed by atoms with Crippen LogP contribution in [0.2, 0.25) is 5.02 Å². The molecule has 6 heteroatoms. The van der Waals surface area contributed by atoms with Crippen LogP contribution in [0.1, 0.15) is 37.0 Å². The summed E-state index contributed by atoms with van der Waals surface area (Å²) in [5, 5.41) is 7.74. The van der Waals surface area contributed by atoms with Crippen LogP contribution in [0.3, 0.4) is 0 Å². The van der Waals surface area contributed by atoms with Crippen molar-refractivity contribution in [2.75, 3.05) is 12.4 Å². The van der Waals surface area contributed by atoms with Gasteiger partial charge in [0.2, 0.25) is 0 Å². The summed E-state index contributed by atoms with van der Waals surface area (Å²) >= 11 is 5.97. The monoisotopic (exact) mass is 321 g/mol. The first kappa shape index (κ1) is 16.4. The molecule has 0 unspecified atom stereocenters. The number of carbonyl (C=O) groups excluding carboxylic acids is 1. The molecule has 0 aliphatic heterocycles. The van der Waals surface area contributed by atoms with E-state index in [4.69, 9.17) is 16.3 Å². The quantitative estimate of drug-likeness (QED) is 0.939. The molecule has 22 heavy (non-hydrogen) atoms. The van der Waals surface area contributed by atoms with Crippen molar-refractivity contribution >= 4 is 23.2 Å². The molecule has 0 aliphatic carbocycles. The van der Waals surface area contributed by atoms with E-state index in [1.165, 1.54) is 0 Å². The third-order valence-electron chi connectivity index (χ3n) is 3.29. The number of hydrogen-bond donors (Lipinski definition) is 1. The second-order valence-corrected chi connectivity index (χ2v) is 6.52. The lowest BCUT2D eigenvalue weighted by atomic mass is 9.92. The van der Waals surface area contributed by atoms with E-state index in [0.717, 1.165) is 5.69 Å². The van der Waals surface area contributed by atoms with Crippen molar-refractivity contribution in [3.8, 4) is 5.75 Å². The van der Waals surface area contributed by atoms with E-state index in [2.05, 4.69) is 31.2 Å². The van der Waals surface area contributed by atoms with Gasteiger partial charge in [-0.3, -0.25) is 9.48 Å². The Kier molecular flexibility index (Phi) is 4.47. The summed E-state index contributed by atoms with van der Waals surface area (Å²) in [6.45, 7) is 6.16. The van der Waals surface area contributed by atoms with Crippen molar-refractivity contribution in [3.05, 3.63) is 40.7 Å². The largest absolute Gasteiger partial charge is 0.495 e. The number of aromatic nitrogens is 2. The first-order valence-electron chi connectivity index (χ1n) is 6.92. The van der Waals surface area contributed by atoms with Crippen molar-refractivity contribution in [2.45, 2.75) is 26.2 Å². The number of benzene rings is 1. The highest BCUT2D eigenvalue weighted by Crippen LogP contribution is 2.28. The maximum atomic E-state index is 12.5. The molecule has 0 bridgehead atoms. The van der Waals surface area contributed by atoms with Gasteiger partial charge in [0.1, 0.15) is 11.4 Å². The van der Waals surface area contributed by atoms with Crippen molar-refractivity contribution in [1.82, 2.24) is 9.78 Å². The number of aryl methyl sites for hydroxylation is 1. The molecule has 0 saturated carbocycles. The van der Waals surface area contributed by atoms with Gasteiger partial charge in [0.25, 0.3) is 5.91 Å². The molecule has 0 spiro atoms. The summed E-state index contributed by atoms with van der Waals surface area (Å²) in [7, 11) is 3.29. The molecule has 118 valence electrons. The van der Waals surface area contributed by atoms with Gasteiger partial charge >= 0.3 is 0 Å². The average molecular weight is 322 g/mol. The molecular formula is C16H20ClN3O2. The molecule has 0 fully saturated rings. The summed E-state index contributed by atoms with van der Waals surface area (Å²) in [5.41, 5.74) is 1.74. The smallest absolute Gasteiger partial charge is 0.274 e. The molecule has 1 N–H and O–H groups in total. The van der Waals surface area contributed by atoms with Gasteiger partial charge in [0.05, 0.1) is 18.5 Å². The minimum Gasteiger partial charge on any atom is -0.495 e. The number of rotatable bonds is 3. The van der Waals surface area contributed by atoms with Crippen molar-refractivity contribution in [3.63, 3.8) is 0 Å². The van der Waals surface area contributed by atoms with Crippen LogP contribution >= 0.6 is 11.6 Å². The Labute approximate surface area is 135 Å². The Morgan fingerprint density at radius 1 is 1.32 bits per heavy atom. The summed E-state index contributed by atoms with van der Waals surface area (Å²) < 4.78 is 6.81. The van der Waals surface area contributed by atoms with Gasteiger partial charge in [-0.15, -0.1) is 0 Å². The second-order valence-electron chi connectivity index (χ2n) is 6.09. The van der Waals surface area contributed by atoms with Gasteiger partial charge in [-0.2, -0.15) is 5.10 Å². The summed E-state index contributed by atoms with van der Waals surface area (Å²) in [6, 6.07) is 6.87. The lowest BCUT2D eigenvalue weighted by Gasteiger charge is -2.13. The molecule has 0 atom stereocenters. The SMILES string of the molecule is COc1ccc(Cl)cc1NC(=O)c1cc(C(C)(C)C)nn1C. The Balaban J connectivity index is 2.30. The molecule has 2 rings (SSSR count). The first-order valence-corrected chi connectivity index (χ1v) is 7.29. The van der Waals surface area contributed by atoms with Gasteiger partial charge < -0.3 is 10.1 Å². The molecule has 0 saturated heterocycles. The van der Waals surface area contributed by atoms with Gasteiger partial charge in [-0.05, 0) is 24.3 Å². The zero-order valence-electron chi connectivity index (χ0n) is 13.4. The Hall–Kier alpha value is -2.01. The number of anilines is 1. The molecule has 1 aromatic heterocycles. The maximum absolute atomic E-state index is 12.5. The number of hydrogen-bond acceptors (Lipinski definition) is 3. The highest BCUT2D eigenvalue weighted by atomic mass is 35.5. The van der Waals surface area contributed by atoms with Gasteiger partial charge in [0, 0.05) is 17.5 Å². The van der Waals surface area contributed by atoms with Crippen LogP contribution in [0, 0.1) is 0 Å². The van der Waals surface area contributed by atoms with Crippen LogP contribution < -0.4 is 10.1 Å². The van der Waals surface area contributed by atoms with E-state index in [0.29, 0.717) is 22.2 Å². The van der Waals surface area contributed by atoms with E-state index in [1.54, 1.807) is 43.1 Å². The van der Waals surface area contributed by atoms with E-state index in [9.17, 15) is 4.79 Å². The topological polar surface area (TPSA) is 56.1 Å². The lowest BCUT2D eigenvalue weighted by molar-refractivity contribution is 0.101. The Bertz CT molecular complexity index is 702. The van der Waals surface area contributed by atoms with Crippen LogP contribution in [-0.2, 0) is 12.5 Å². The summed E-state index contributed by atoms with van der Waals surface area (Å²) in [5.74, 6) is 0.294. The molecule has 1 heterocycles. The van der Waals surface area contributed by atoms with Crippen molar-refractivity contribution in [1.29, 1.82) is 0 Å². The van der Waals surface area contributed by atoms with Gasteiger partial charge in [-0.25, -0.2) is 0 Å². The number of halogens is 1. The molecular weight excluding hydrogens is 302 g/mol. The van der Waals surface area contributed by atoms with Crippen LogP contribution in [0.4, 0.5) is 5.69 Å². The zero-order chi connectivity index (χ0) is 16.5. The molecule has 1 aromatic carbocycles. The molecule has 0 aliphatic rings. The van der Waals surface area contributed by atoms with E-state index < -0.39 is 0 Å². The lowest BCUT2D eigenvalue weighted by Crippen LogP contribution is -2.16. The second kappa shape index (κ2) is 6.01. The Morgan fingerprint density at radius 2 is 2.00 bits per heavy atom. The fourth-order valence-corrected chi connectivity index (χ4v) is 2.18. The number of ether oxygens (including phenoxy) is 1. The molecule has 1 amide bonds. The molecule has 2 aromatic rings. The summed E-state index contributed by atoms with van der Waals surface area (Å²) in [4.78, 5) is 12.5. The Morgan fingerprint density at radius 3 is 2.55 bits per heavy atom.